The van der Waals surface area contributed by atoms with Crippen molar-refractivity contribution >= 4 is 11.8 Å². The number of nitrogens with one attached hydrogen (secondary N) is 2. The lowest BCUT2D eigenvalue weighted by molar-refractivity contribution is 0.0950. The molecule has 0 saturated heterocycles. The Hall–Kier alpha value is -3.82. The summed E-state index contributed by atoms with van der Waals surface area (Å²) in [5, 5.41) is 61.0. The molecule has 10 heteroatoms. The number of carbonyl (C=O) groups excluding carboxylic acids is 2. The summed E-state index contributed by atoms with van der Waals surface area (Å²) >= 11 is 0. The summed E-state index contributed by atoms with van der Waals surface area (Å²) in [5.74, 6) is -5.16. The number of aromatic hydroxyl groups is 6. The highest BCUT2D eigenvalue weighted by atomic mass is 16.3. The average molecular weight is 378 g/mol. The smallest absolute Gasteiger partial charge is 0.251 e. The summed E-state index contributed by atoms with van der Waals surface area (Å²) in [6, 6.07) is 3.98. The maximum absolute atomic E-state index is 11.9. The Balaban J connectivity index is 1.80. The van der Waals surface area contributed by atoms with Gasteiger partial charge in [0, 0.05) is 24.2 Å². The first kappa shape index (κ1) is 19.5. The number of benzene rings is 2. The molecule has 0 spiro atoms. The van der Waals surface area contributed by atoms with Crippen molar-refractivity contribution < 1.29 is 40.2 Å². The second kappa shape index (κ2) is 8.04. The van der Waals surface area contributed by atoms with Gasteiger partial charge in [0.05, 0.1) is 0 Å². The first-order valence-electron chi connectivity index (χ1n) is 7.77. The molecule has 2 rings (SSSR count). The van der Waals surface area contributed by atoms with E-state index in [2.05, 4.69) is 10.6 Å². The minimum atomic E-state index is -0.722. The van der Waals surface area contributed by atoms with Crippen LogP contribution in [0.15, 0.2) is 24.3 Å². The molecule has 144 valence electrons. The van der Waals surface area contributed by atoms with Crippen LogP contribution in [-0.2, 0) is 0 Å². The van der Waals surface area contributed by atoms with E-state index >= 15 is 0 Å². The van der Waals surface area contributed by atoms with Crippen molar-refractivity contribution in [1.29, 1.82) is 0 Å². The van der Waals surface area contributed by atoms with Gasteiger partial charge in [0.1, 0.15) is 0 Å². The molecule has 10 nitrogen and oxygen atoms in total. The number of hydrogen-bond donors (Lipinski definition) is 8. The molecule has 0 radical (unpaired) electrons. The monoisotopic (exact) mass is 378 g/mol. The van der Waals surface area contributed by atoms with E-state index in [1.165, 1.54) is 0 Å². The molecule has 0 unspecified atom stereocenters. The number of hydrogen-bond acceptors (Lipinski definition) is 8. The van der Waals surface area contributed by atoms with Crippen LogP contribution in [0.2, 0.25) is 0 Å². The van der Waals surface area contributed by atoms with Gasteiger partial charge in [0.25, 0.3) is 11.8 Å². The Labute approximate surface area is 153 Å². The molecule has 0 fully saturated rings. The summed E-state index contributed by atoms with van der Waals surface area (Å²) in [4.78, 5) is 23.8. The number of carbonyl (C=O) groups is 2. The van der Waals surface area contributed by atoms with Gasteiger partial charge in [0.15, 0.2) is 34.5 Å². The molecule has 2 aromatic carbocycles. The van der Waals surface area contributed by atoms with Crippen molar-refractivity contribution in [2.75, 3.05) is 13.1 Å². The predicted octanol–water partition coefficient (Wildman–Crippen LogP) is 0.470. The van der Waals surface area contributed by atoms with Crippen LogP contribution < -0.4 is 10.6 Å². The first-order chi connectivity index (χ1) is 12.7. The van der Waals surface area contributed by atoms with Crippen molar-refractivity contribution in [1.82, 2.24) is 10.6 Å². The molecule has 0 heterocycles. The molecule has 0 aliphatic heterocycles. The Bertz CT molecular complexity index is 764. The fraction of sp³-hybridized carbons (Fsp3) is 0.176. The Morgan fingerprint density at radius 3 is 1.22 bits per heavy atom. The molecule has 2 amide bonds. The van der Waals surface area contributed by atoms with Gasteiger partial charge >= 0.3 is 0 Å². The molecular formula is C17H18N2O8. The van der Waals surface area contributed by atoms with Gasteiger partial charge in [-0.1, -0.05) is 0 Å². The van der Waals surface area contributed by atoms with Crippen molar-refractivity contribution in [3.05, 3.63) is 35.4 Å². The Morgan fingerprint density at radius 2 is 0.926 bits per heavy atom. The number of rotatable bonds is 6. The van der Waals surface area contributed by atoms with E-state index in [0.717, 1.165) is 24.3 Å². The second-order valence-electron chi connectivity index (χ2n) is 5.59. The second-order valence-corrected chi connectivity index (χ2v) is 5.59. The highest BCUT2D eigenvalue weighted by Crippen LogP contribution is 2.36. The van der Waals surface area contributed by atoms with Gasteiger partial charge in [-0.2, -0.15) is 0 Å². The summed E-state index contributed by atoms with van der Waals surface area (Å²) in [6.07, 6.45) is 0.337. The van der Waals surface area contributed by atoms with Gasteiger partial charge in [-0.15, -0.1) is 0 Å². The highest BCUT2D eigenvalue weighted by molar-refractivity contribution is 5.96. The van der Waals surface area contributed by atoms with E-state index in [1.54, 1.807) is 0 Å². The molecule has 0 bridgehead atoms. The maximum atomic E-state index is 11.9. The lowest BCUT2D eigenvalue weighted by Crippen LogP contribution is -2.29. The van der Waals surface area contributed by atoms with E-state index in [9.17, 15) is 40.2 Å². The summed E-state index contributed by atoms with van der Waals surface area (Å²) in [6.45, 7) is 0.321. The summed E-state index contributed by atoms with van der Waals surface area (Å²) < 4.78 is 0. The van der Waals surface area contributed by atoms with Crippen molar-refractivity contribution in [3.63, 3.8) is 0 Å². The molecule has 0 atom stereocenters. The van der Waals surface area contributed by atoms with Crippen molar-refractivity contribution in [2.24, 2.45) is 0 Å². The Morgan fingerprint density at radius 1 is 0.630 bits per heavy atom. The molecular weight excluding hydrogens is 360 g/mol. The van der Waals surface area contributed by atoms with E-state index in [4.69, 9.17) is 0 Å². The van der Waals surface area contributed by atoms with Crippen molar-refractivity contribution in [3.8, 4) is 34.5 Å². The fourth-order valence-electron chi connectivity index (χ4n) is 2.17. The van der Waals surface area contributed by atoms with Crippen LogP contribution in [-0.4, -0.2) is 55.5 Å². The van der Waals surface area contributed by atoms with Crippen LogP contribution in [0.25, 0.3) is 0 Å². The minimum Gasteiger partial charge on any atom is -0.504 e. The van der Waals surface area contributed by atoms with Gasteiger partial charge in [-0.3, -0.25) is 9.59 Å². The summed E-state index contributed by atoms with van der Waals surface area (Å²) in [7, 11) is 0. The third kappa shape index (κ3) is 4.63. The molecule has 0 aliphatic rings. The molecule has 0 aromatic heterocycles. The number of phenolic OH excluding ortho intramolecular Hbond substituents is 6. The zero-order valence-corrected chi connectivity index (χ0v) is 13.9. The van der Waals surface area contributed by atoms with Crippen molar-refractivity contribution in [2.45, 2.75) is 6.42 Å². The van der Waals surface area contributed by atoms with Gasteiger partial charge in [0.2, 0.25) is 0 Å². The molecule has 0 saturated carbocycles. The lowest BCUT2D eigenvalue weighted by Gasteiger charge is -2.09. The zero-order chi connectivity index (χ0) is 20.1. The highest BCUT2D eigenvalue weighted by Gasteiger charge is 2.14. The zero-order valence-electron chi connectivity index (χ0n) is 13.9. The van der Waals surface area contributed by atoms with Gasteiger partial charge < -0.3 is 41.3 Å². The predicted molar refractivity (Wildman–Crippen MR) is 92.2 cm³/mol. The minimum absolute atomic E-state index is 0.0538. The fourth-order valence-corrected chi connectivity index (χ4v) is 2.17. The molecule has 27 heavy (non-hydrogen) atoms. The molecule has 8 N–H and O–H groups in total. The largest absolute Gasteiger partial charge is 0.504 e. The standard InChI is InChI=1S/C17H18N2O8/c20-10-4-8(5-11(21)14(10)24)16(26)18-2-1-3-19-17(27)9-6-12(22)15(25)13(23)7-9/h4-7,20-25H,1-3H2,(H,18,26)(H,19,27). The molecule has 2 aromatic rings. The van der Waals surface area contributed by atoms with Gasteiger partial charge in [-0.05, 0) is 30.7 Å². The number of amides is 2. The third-order valence-electron chi connectivity index (χ3n) is 3.59. The number of phenols is 6. The first-order valence-corrected chi connectivity index (χ1v) is 7.77. The summed E-state index contributed by atoms with van der Waals surface area (Å²) in [5.41, 5.74) is -0.108. The van der Waals surface area contributed by atoms with Crippen LogP contribution in [0.5, 0.6) is 34.5 Å². The maximum Gasteiger partial charge on any atom is 0.251 e. The topological polar surface area (TPSA) is 180 Å². The van der Waals surface area contributed by atoms with E-state index < -0.39 is 46.3 Å². The quantitative estimate of drug-likeness (QED) is 0.264. The van der Waals surface area contributed by atoms with Gasteiger partial charge in [-0.25, -0.2) is 0 Å². The lowest BCUT2D eigenvalue weighted by atomic mass is 10.1. The SMILES string of the molecule is O=C(NCCCNC(=O)c1cc(O)c(O)c(O)c1)c1cc(O)c(O)c(O)c1. The molecule has 0 aliphatic carbocycles. The van der Waals surface area contributed by atoms with E-state index in [0.29, 0.717) is 6.42 Å². The Kier molecular flexibility index (Phi) is 5.81. The van der Waals surface area contributed by atoms with E-state index in [1.807, 2.05) is 0 Å². The van der Waals surface area contributed by atoms with Crippen LogP contribution in [0, 0.1) is 0 Å². The van der Waals surface area contributed by atoms with Crippen LogP contribution in [0.3, 0.4) is 0 Å². The van der Waals surface area contributed by atoms with Crippen LogP contribution in [0.4, 0.5) is 0 Å². The van der Waals surface area contributed by atoms with Crippen LogP contribution in [0.1, 0.15) is 27.1 Å². The third-order valence-corrected chi connectivity index (χ3v) is 3.59. The van der Waals surface area contributed by atoms with E-state index in [-0.39, 0.29) is 24.2 Å². The average Bonchev–Trinajstić information content (AvgIpc) is 2.62. The normalized spacial score (nSPS) is 10.4. The van der Waals surface area contributed by atoms with Crippen LogP contribution >= 0.6 is 0 Å².